The van der Waals surface area contributed by atoms with Crippen molar-refractivity contribution in [3.05, 3.63) is 41.5 Å². The summed E-state index contributed by atoms with van der Waals surface area (Å²) in [5.74, 6) is 0.205. The minimum atomic E-state index is -0.733. The SMILES string of the molecule is COc1ccc([C@H]2Oc3cc(OC(C)=O)cc(OC)c3C[C@@H]2OC(C)=O)cc1OC(C)=O. The maximum absolute atomic E-state index is 11.8. The Morgan fingerprint density at radius 1 is 0.844 bits per heavy atom. The molecule has 0 spiro atoms. The number of methoxy groups -OCH3 is 2. The van der Waals surface area contributed by atoms with Gasteiger partial charge in [-0.3, -0.25) is 14.4 Å². The molecule has 9 nitrogen and oxygen atoms in total. The number of hydrogen-bond donors (Lipinski definition) is 0. The van der Waals surface area contributed by atoms with Gasteiger partial charge >= 0.3 is 17.9 Å². The molecule has 2 aromatic carbocycles. The average molecular weight is 444 g/mol. The van der Waals surface area contributed by atoms with Gasteiger partial charge in [-0.2, -0.15) is 0 Å². The molecular formula is C23H24O9. The minimum Gasteiger partial charge on any atom is -0.496 e. The van der Waals surface area contributed by atoms with Crippen molar-refractivity contribution in [2.45, 2.75) is 39.4 Å². The highest BCUT2D eigenvalue weighted by molar-refractivity contribution is 5.71. The second-order valence-electron chi connectivity index (χ2n) is 7.09. The van der Waals surface area contributed by atoms with Crippen LogP contribution in [0.3, 0.4) is 0 Å². The van der Waals surface area contributed by atoms with E-state index in [2.05, 4.69) is 0 Å². The van der Waals surface area contributed by atoms with Gasteiger partial charge in [0.15, 0.2) is 17.6 Å². The highest BCUT2D eigenvalue weighted by Gasteiger charge is 2.36. The predicted octanol–water partition coefficient (Wildman–Crippen LogP) is 3.16. The van der Waals surface area contributed by atoms with Gasteiger partial charge in [-0.25, -0.2) is 0 Å². The third-order valence-electron chi connectivity index (χ3n) is 4.71. The van der Waals surface area contributed by atoms with Crippen molar-refractivity contribution in [2.24, 2.45) is 0 Å². The van der Waals surface area contributed by atoms with Crippen LogP contribution < -0.4 is 23.7 Å². The van der Waals surface area contributed by atoms with Crippen LogP contribution in [0.15, 0.2) is 30.3 Å². The first-order valence-corrected chi connectivity index (χ1v) is 9.81. The molecule has 170 valence electrons. The minimum absolute atomic E-state index is 0.208. The first kappa shape index (κ1) is 22.9. The summed E-state index contributed by atoms with van der Waals surface area (Å²) in [7, 11) is 2.94. The monoisotopic (exact) mass is 444 g/mol. The van der Waals surface area contributed by atoms with Crippen LogP contribution in [0.1, 0.15) is 38.0 Å². The van der Waals surface area contributed by atoms with Gasteiger partial charge in [-0.05, 0) is 12.1 Å². The van der Waals surface area contributed by atoms with Gasteiger partial charge in [-0.1, -0.05) is 6.07 Å². The van der Waals surface area contributed by atoms with Crippen LogP contribution in [-0.4, -0.2) is 38.2 Å². The topological polar surface area (TPSA) is 107 Å². The van der Waals surface area contributed by atoms with Gasteiger partial charge in [0.1, 0.15) is 23.4 Å². The fraction of sp³-hybridized carbons (Fsp3) is 0.348. The van der Waals surface area contributed by atoms with Crippen LogP contribution >= 0.6 is 0 Å². The van der Waals surface area contributed by atoms with Crippen LogP contribution in [0.2, 0.25) is 0 Å². The van der Waals surface area contributed by atoms with Crippen LogP contribution in [-0.2, 0) is 25.5 Å². The molecule has 0 N–H and O–H groups in total. The number of ether oxygens (including phenoxy) is 6. The molecule has 1 aliphatic rings. The number of carbonyl (C=O) groups excluding carboxylic acids is 3. The van der Waals surface area contributed by atoms with Gasteiger partial charge in [0, 0.05) is 50.5 Å². The van der Waals surface area contributed by atoms with Crippen molar-refractivity contribution in [2.75, 3.05) is 14.2 Å². The Morgan fingerprint density at radius 2 is 1.53 bits per heavy atom. The zero-order chi connectivity index (χ0) is 23.4. The smallest absolute Gasteiger partial charge is 0.308 e. The molecule has 0 aromatic heterocycles. The van der Waals surface area contributed by atoms with Gasteiger partial charge in [-0.15, -0.1) is 0 Å². The molecule has 0 bridgehead atoms. The van der Waals surface area contributed by atoms with Gasteiger partial charge in [0.05, 0.1) is 14.2 Å². The van der Waals surface area contributed by atoms with E-state index in [1.807, 2.05) is 0 Å². The molecule has 3 rings (SSSR count). The normalized spacial score (nSPS) is 16.8. The molecule has 2 aromatic rings. The predicted molar refractivity (Wildman–Crippen MR) is 111 cm³/mol. The molecule has 2 atom stereocenters. The fourth-order valence-electron chi connectivity index (χ4n) is 3.53. The lowest BCUT2D eigenvalue weighted by Crippen LogP contribution is -2.34. The summed E-state index contributed by atoms with van der Waals surface area (Å²) in [6.07, 6.45) is -1.13. The Kier molecular flexibility index (Phi) is 6.87. The summed E-state index contributed by atoms with van der Waals surface area (Å²) in [6, 6.07) is 8.10. The highest BCUT2D eigenvalue weighted by Crippen LogP contribution is 2.44. The molecule has 32 heavy (non-hydrogen) atoms. The molecule has 0 unspecified atom stereocenters. The van der Waals surface area contributed by atoms with E-state index in [1.165, 1.54) is 35.0 Å². The highest BCUT2D eigenvalue weighted by atomic mass is 16.6. The Morgan fingerprint density at radius 3 is 2.12 bits per heavy atom. The first-order chi connectivity index (χ1) is 15.2. The molecule has 0 radical (unpaired) electrons. The maximum Gasteiger partial charge on any atom is 0.308 e. The maximum atomic E-state index is 11.8. The lowest BCUT2D eigenvalue weighted by Gasteiger charge is -2.34. The molecule has 0 fully saturated rings. The zero-order valence-corrected chi connectivity index (χ0v) is 18.4. The molecule has 0 aliphatic carbocycles. The first-order valence-electron chi connectivity index (χ1n) is 9.81. The van der Waals surface area contributed by atoms with Crippen LogP contribution in [0, 0.1) is 0 Å². The van der Waals surface area contributed by atoms with Crippen molar-refractivity contribution < 1.29 is 42.8 Å². The van der Waals surface area contributed by atoms with Crippen molar-refractivity contribution in [3.63, 3.8) is 0 Å². The molecule has 0 saturated carbocycles. The lowest BCUT2D eigenvalue weighted by atomic mass is 9.93. The molecule has 9 heteroatoms. The molecule has 1 heterocycles. The largest absolute Gasteiger partial charge is 0.496 e. The van der Waals surface area contributed by atoms with Crippen LogP contribution in [0.25, 0.3) is 0 Å². The number of esters is 3. The van der Waals surface area contributed by atoms with E-state index in [1.54, 1.807) is 30.3 Å². The Hall–Kier alpha value is -3.75. The van der Waals surface area contributed by atoms with Crippen molar-refractivity contribution >= 4 is 17.9 Å². The van der Waals surface area contributed by atoms with Crippen LogP contribution in [0.4, 0.5) is 0 Å². The van der Waals surface area contributed by atoms with E-state index in [4.69, 9.17) is 28.4 Å². The molecule has 1 aliphatic heterocycles. The summed E-state index contributed by atoms with van der Waals surface area (Å²) >= 11 is 0. The van der Waals surface area contributed by atoms with Gasteiger partial charge in [0.2, 0.25) is 0 Å². The number of carbonyl (C=O) groups is 3. The van der Waals surface area contributed by atoms with E-state index in [0.717, 1.165) is 0 Å². The number of benzene rings is 2. The quantitative estimate of drug-likeness (QED) is 0.490. The van der Waals surface area contributed by atoms with Crippen molar-refractivity contribution in [1.82, 2.24) is 0 Å². The summed E-state index contributed by atoms with van der Waals surface area (Å²) < 4.78 is 32.9. The van der Waals surface area contributed by atoms with Crippen LogP contribution in [0.5, 0.6) is 28.7 Å². The standard InChI is InChI=1S/C23H24O9/c1-12(24)29-16-9-19(28-5)17-11-22(31-14(3)26)23(32-20(17)10-16)15-6-7-18(27-4)21(8-15)30-13(2)25/h6-10,22-23H,11H2,1-5H3/t22-,23+/m0/s1. The van der Waals surface area contributed by atoms with E-state index in [-0.39, 0.29) is 17.9 Å². The summed E-state index contributed by atoms with van der Waals surface area (Å²) in [5.41, 5.74) is 1.26. The number of hydrogen-bond acceptors (Lipinski definition) is 9. The van der Waals surface area contributed by atoms with Crippen molar-refractivity contribution in [1.29, 1.82) is 0 Å². The zero-order valence-electron chi connectivity index (χ0n) is 18.4. The third kappa shape index (κ3) is 5.11. The Bertz CT molecular complexity index is 1040. The Labute approximate surface area is 185 Å². The van der Waals surface area contributed by atoms with Crippen molar-refractivity contribution in [3.8, 4) is 28.7 Å². The lowest BCUT2D eigenvalue weighted by molar-refractivity contribution is -0.152. The summed E-state index contributed by atoms with van der Waals surface area (Å²) in [6.45, 7) is 3.89. The van der Waals surface area contributed by atoms with E-state index in [0.29, 0.717) is 28.4 Å². The van der Waals surface area contributed by atoms with E-state index >= 15 is 0 Å². The second kappa shape index (κ2) is 9.59. The molecule has 0 saturated heterocycles. The Balaban J connectivity index is 2.07. The summed E-state index contributed by atoms with van der Waals surface area (Å²) in [4.78, 5) is 34.7. The van der Waals surface area contributed by atoms with E-state index < -0.39 is 30.1 Å². The van der Waals surface area contributed by atoms with E-state index in [9.17, 15) is 14.4 Å². The average Bonchev–Trinajstić information content (AvgIpc) is 2.71. The number of rotatable bonds is 6. The molecular weight excluding hydrogens is 420 g/mol. The van der Waals surface area contributed by atoms with Gasteiger partial charge < -0.3 is 28.4 Å². The summed E-state index contributed by atoms with van der Waals surface area (Å²) in [5, 5.41) is 0. The third-order valence-corrected chi connectivity index (χ3v) is 4.71. The molecule has 0 amide bonds. The fourth-order valence-corrected chi connectivity index (χ4v) is 3.53. The van der Waals surface area contributed by atoms with Gasteiger partial charge in [0.25, 0.3) is 0 Å². The second-order valence-corrected chi connectivity index (χ2v) is 7.09. The number of fused-ring (bicyclic) bond motifs is 1.